The molecule has 3 N–H and O–H groups in total. The van der Waals surface area contributed by atoms with Gasteiger partial charge in [0.1, 0.15) is 17.1 Å². The van der Waals surface area contributed by atoms with Gasteiger partial charge in [-0.25, -0.2) is 4.79 Å². The number of phenols is 1. The molecule has 2 rings (SSSR count). The fourth-order valence-electron chi connectivity index (χ4n) is 2.47. The summed E-state index contributed by atoms with van der Waals surface area (Å²) in [7, 11) is -1.38. The lowest BCUT2D eigenvalue weighted by Crippen LogP contribution is -2.52. The summed E-state index contributed by atoms with van der Waals surface area (Å²) in [6.45, 7) is 5.67. The highest BCUT2D eigenvalue weighted by Crippen LogP contribution is 2.34. The van der Waals surface area contributed by atoms with Crippen molar-refractivity contribution >= 4 is 25.0 Å². The molecule has 1 aliphatic rings. The number of amides is 1. The Labute approximate surface area is 156 Å². The maximum Gasteiger partial charge on any atom is 0.547 e. The first-order chi connectivity index (χ1) is 12.5. The van der Waals surface area contributed by atoms with Gasteiger partial charge in [-0.3, -0.25) is 9.59 Å². The van der Waals surface area contributed by atoms with E-state index in [1.807, 2.05) is 0 Å². The Balaban J connectivity index is 2.14. The molecule has 1 amide bonds. The van der Waals surface area contributed by atoms with E-state index < -0.39 is 37.2 Å². The molecule has 10 heteroatoms. The van der Waals surface area contributed by atoms with Crippen LogP contribution < -0.4 is 9.97 Å². The molecule has 1 aromatic carbocycles. The highest BCUT2D eigenvalue weighted by Gasteiger charge is 2.38. The maximum absolute atomic E-state index is 12.3. The zero-order valence-corrected chi connectivity index (χ0v) is 15.6. The van der Waals surface area contributed by atoms with Gasteiger partial charge in [0.2, 0.25) is 12.7 Å². The van der Waals surface area contributed by atoms with Crippen LogP contribution in [0.3, 0.4) is 0 Å². The summed E-state index contributed by atoms with van der Waals surface area (Å²) >= 11 is 0. The van der Waals surface area contributed by atoms with Crippen molar-refractivity contribution in [1.82, 2.24) is 5.32 Å². The zero-order valence-electron chi connectivity index (χ0n) is 15.6. The number of ether oxygens (including phenoxy) is 2. The lowest BCUT2D eigenvalue weighted by atomic mass is 9.72. The predicted molar refractivity (Wildman–Crippen MR) is 93.8 cm³/mol. The lowest BCUT2D eigenvalue weighted by molar-refractivity contribution is -0.161. The van der Waals surface area contributed by atoms with E-state index in [1.165, 1.54) is 13.0 Å². The van der Waals surface area contributed by atoms with Crippen molar-refractivity contribution in [3.05, 3.63) is 23.3 Å². The number of carbonyl (C=O) groups excluding carboxylic acids is 3. The number of rotatable bonds is 4. The van der Waals surface area contributed by atoms with Crippen molar-refractivity contribution in [1.29, 1.82) is 0 Å². The predicted octanol–water partition coefficient (Wildman–Crippen LogP) is 0.555. The Morgan fingerprint density at radius 1 is 1.30 bits per heavy atom. The highest BCUT2D eigenvalue weighted by atomic mass is 16.7. The quantitative estimate of drug-likeness (QED) is 0.393. The summed E-state index contributed by atoms with van der Waals surface area (Å²) in [5.74, 6) is -2.70. The van der Waals surface area contributed by atoms with E-state index >= 15 is 0 Å². The number of fused-ring (bicyclic) bond motifs is 1. The number of esters is 2. The number of hydrogen-bond acceptors (Lipinski definition) is 8. The van der Waals surface area contributed by atoms with E-state index in [9.17, 15) is 24.5 Å². The van der Waals surface area contributed by atoms with Crippen molar-refractivity contribution in [3.8, 4) is 11.5 Å². The van der Waals surface area contributed by atoms with E-state index in [4.69, 9.17) is 14.1 Å². The normalized spacial score (nSPS) is 16.0. The van der Waals surface area contributed by atoms with Crippen LogP contribution in [0.1, 0.15) is 43.6 Å². The minimum atomic E-state index is -1.38. The van der Waals surface area contributed by atoms with Gasteiger partial charge in [0.25, 0.3) is 0 Å². The van der Waals surface area contributed by atoms with Crippen molar-refractivity contribution in [2.75, 3.05) is 6.79 Å². The summed E-state index contributed by atoms with van der Waals surface area (Å²) in [5, 5.41) is 22.5. The van der Waals surface area contributed by atoms with E-state index in [2.05, 4.69) is 5.32 Å². The Morgan fingerprint density at radius 2 is 1.96 bits per heavy atom. The van der Waals surface area contributed by atoms with Gasteiger partial charge in [-0.1, -0.05) is 0 Å². The largest absolute Gasteiger partial charge is 0.547 e. The molecule has 1 unspecified atom stereocenters. The number of nitrogens with one attached hydrogen (secondary N) is 1. The molecular weight excluding hydrogens is 357 g/mol. The minimum absolute atomic E-state index is 0.0362. The molecule has 0 saturated heterocycles. The van der Waals surface area contributed by atoms with Crippen LogP contribution in [0.4, 0.5) is 0 Å². The first-order valence-electron chi connectivity index (χ1n) is 8.31. The lowest BCUT2D eigenvalue weighted by Gasteiger charge is -2.29. The topological polar surface area (TPSA) is 131 Å². The molecule has 0 aromatic heterocycles. The molecule has 1 atom stereocenters. The molecule has 1 aliphatic heterocycles. The van der Waals surface area contributed by atoms with Gasteiger partial charge in [0, 0.05) is 6.92 Å². The van der Waals surface area contributed by atoms with Crippen LogP contribution in [0.5, 0.6) is 11.5 Å². The van der Waals surface area contributed by atoms with Crippen LogP contribution in [-0.4, -0.2) is 47.8 Å². The first-order valence-corrected chi connectivity index (χ1v) is 8.31. The summed E-state index contributed by atoms with van der Waals surface area (Å²) < 4.78 is 15.1. The molecule has 146 valence electrons. The van der Waals surface area contributed by atoms with E-state index in [0.717, 1.165) is 6.07 Å². The summed E-state index contributed by atoms with van der Waals surface area (Å²) in [5.41, 5.74) is -0.461. The van der Waals surface area contributed by atoms with E-state index in [0.29, 0.717) is 5.56 Å². The number of carbonyl (C=O) groups is 3. The van der Waals surface area contributed by atoms with Gasteiger partial charge < -0.3 is 29.6 Å². The summed E-state index contributed by atoms with van der Waals surface area (Å²) in [6, 6.07) is 2.49. The van der Waals surface area contributed by atoms with Crippen LogP contribution in [0.25, 0.3) is 0 Å². The fourth-order valence-corrected chi connectivity index (χ4v) is 2.47. The Hall–Kier alpha value is -2.75. The van der Waals surface area contributed by atoms with Crippen molar-refractivity contribution in [2.45, 2.75) is 40.1 Å². The second kappa shape index (κ2) is 7.87. The minimum Gasteiger partial charge on any atom is -0.534 e. The van der Waals surface area contributed by atoms with Crippen LogP contribution in [0.15, 0.2) is 12.1 Å². The number of hydrogen-bond donors (Lipinski definition) is 3. The number of phenolic OH excluding ortho intramolecular Hbond substituents is 1. The molecule has 0 bridgehead atoms. The molecule has 27 heavy (non-hydrogen) atoms. The summed E-state index contributed by atoms with van der Waals surface area (Å²) in [4.78, 5) is 35.2. The molecule has 0 spiro atoms. The van der Waals surface area contributed by atoms with Crippen molar-refractivity contribution in [2.24, 2.45) is 5.41 Å². The Morgan fingerprint density at radius 3 is 2.56 bits per heavy atom. The van der Waals surface area contributed by atoms with Gasteiger partial charge in [0.05, 0.1) is 11.4 Å². The van der Waals surface area contributed by atoms with Crippen LogP contribution in [0, 0.1) is 5.41 Å². The number of benzene rings is 1. The second-order valence-corrected chi connectivity index (χ2v) is 7.23. The molecule has 0 fully saturated rings. The summed E-state index contributed by atoms with van der Waals surface area (Å²) in [6.07, 6.45) is 0.143. The molecule has 0 aliphatic carbocycles. The third-order valence-electron chi connectivity index (χ3n) is 3.77. The standard InChI is InChI=1S/C17H22BNO8/c1-9(20)19-13-6-10-5-11(21)7-12(14(10)27-18(13)24)15(22)25-8-26-16(23)17(2,3)4/h5,7,13,21,24H,6,8H2,1-4H3,(H,19,20). The fraction of sp³-hybridized carbons (Fsp3) is 0.471. The molecule has 0 saturated carbocycles. The van der Waals surface area contributed by atoms with E-state index in [-0.39, 0.29) is 29.4 Å². The monoisotopic (exact) mass is 379 g/mol. The van der Waals surface area contributed by atoms with Crippen molar-refractivity contribution in [3.63, 3.8) is 0 Å². The van der Waals surface area contributed by atoms with Gasteiger partial charge in [-0.15, -0.1) is 0 Å². The molecule has 1 aromatic rings. The van der Waals surface area contributed by atoms with Crippen LogP contribution in [-0.2, 0) is 25.5 Å². The third kappa shape index (κ3) is 5.13. The van der Waals surface area contributed by atoms with Crippen LogP contribution in [0.2, 0.25) is 0 Å². The second-order valence-electron chi connectivity index (χ2n) is 7.23. The molecule has 1 heterocycles. The van der Waals surface area contributed by atoms with Gasteiger partial charge in [-0.2, -0.15) is 0 Å². The molecule has 0 radical (unpaired) electrons. The smallest absolute Gasteiger partial charge is 0.534 e. The van der Waals surface area contributed by atoms with Gasteiger partial charge in [-0.05, 0) is 44.9 Å². The highest BCUT2D eigenvalue weighted by molar-refractivity contribution is 6.47. The zero-order chi connectivity index (χ0) is 20.4. The maximum atomic E-state index is 12.3. The van der Waals surface area contributed by atoms with Gasteiger partial charge in [0.15, 0.2) is 0 Å². The van der Waals surface area contributed by atoms with Crippen LogP contribution >= 0.6 is 0 Å². The molecule has 9 nitrogen and oxygen atoms in total. The number of aromatic hydroxyl groups is 1. The third-order valence-corrected chi connectivity index (χ3v) is 3.77. The van der Waals surface area contributed by atoms with E-state index in [1.54, 1.807) is 20.8 Å². The average molecular weight is 379 g/mol. The van der Waals surface area contributed by atoms with Gasteiger partial charge >= 0.3 is 19.1 Å². The average Bonchev–Trinajstić information content (AvgIpc) is 2.53. The van der Waals surface area contributed by atoms with Crippen molar-refractivity contribution < 1.29 is 38.6 Å². The Bertz CT molecular complexity index is 758. The first kappa shape index (κ1) is 20.6. The Kier molecular flexibility index (Phi) is 5.99. The molecular formula is C17H22BNO8. The SMILES string of the molecule is CC(=O)NC1Cc2cc(O)cc(C(=O)OCOC(=O)C(C)(C)C)c2OB1O.